The molecule has 20 heavy (non-hydrogen) atoms. The summed E-state index contributed by atoms with van der Waals surface area (Å²) in [6.45, 7) is 2.71. The highest BCUT2D eigenvalue weighted by atomic mass is 32.1. The van der Waals surface area contributed by atoms with Crippen LogP contribution in [0, 0.1) is 6.92 Å². The summed E-state index contributed by atoms with van der Waals surface area (Å²) in [5.74, 6) is 0.116. The first-order valence-electron chi connectivity index (χ1n) is 6.15. The van der Waals surface area contributed by atoms with Crippen molar-refractivity contribution in [2.45, 2.75) is 13.5 Å². The van der Waals surface area contributed by atoms with Crippen molar-refractivity contribution in [1.29, 1.82) is 0 Å². The molecule has 0 amide bonds. The van der Waals surface area contributed by atoms with Crippen molar-refractivity contribution < 1.29 is 5.21 Å². The summed E-state index contributed by atoms with van der Waals surface area (Å²) in [5, 5.41) is 16.0. The van der Waals surface area contributed by atoms with E-state index in [0.717, 1.165) is 28.1 Å². The number of hydrogen-bond acceptors (Lipinski definition) is 4. The Kier molecular flexibility index (Phi) is 3.15. The van der Waals surface area contributed by atoms with E-state index in [-0.39, 0.29) is 5.84 Å². The van der Waals surface area contributed by atoms with Crippen LogP contribution < -0.4 is 5.73 Å². The number of nitrogens with zero attached hydrogens (tertiary/aromatic N) is 3. The van der Waals surface area contributed by atoms with Crippen LogP contribution in [-0.4, -0.2) is 20.6 Å². The van der Waals surface area contributed by atoms with E-state index in [1.165, 1.54) is 0 Å². The normalized spacial score (nSPS) is 12.2. The van der Waals surface area contributed by atoms with Crippen molar-refractivity contribution in [2.24, 2.45) is 10.9 Å². The zero-order chi connectivity index (χ0) is 14.1. The fraction of sp³-hybridized carbons (Fsp3) is 0.143. The maximum Gasteiger partial charge on any atom is 0.170 e. The number of hydrogen-bond donors (Lipinski definition) is 2. The lowest BCUT2D eigenvalue weighted by Crippen LogP contribution is -2.13. The van der Waals surface area contributed by atoms with Gasteiger partial charge < -0.3 is 15.5 Å². The molecule has 102 valence electrons. The molecule has 5 nitrogen and oxygen atoms in total. The Morgan fingerprint density at radius 2 is 2.30 bits per heavy atom. The number of aryl methyl sites for hydroxylation is 1. The highest BCUT2D eigenvalue weighted by Gasteiger charge is 2.07. The zero-order valence-electron chi connectivity index (χ0n) is 10.9. The largest absolute Gasteiger partial charge is 0.409 e. The molecule has 0 saturated heterocycles. The summed E-state index contributed by atoms with van der Waals surface area (Å²) in [7, 11) is 0. The molecule has 0 aliphatic carbocycles. The van der Waals surface area contributed by atoms with E-state index >= 15 is 0 Å². The van der Waals surface area contributed by atoms with Crippen LogP contribution in [0.3, 0.4) is 0 Å². The van der Waals surface area contributed by atoms with Crippen molar-refractivity contribution in [3.63, 3.8) is 0 Å². The molecule has 6 heteroatoms. The molecule has 0 aliphatic rings. The Morgan fingerprint density at radius 3 is 3.00 bits per heavy atom. The second-order valence-electron chi connectivity index (χ2n) is 4.59. The van der Waals surface area contributed by atoms with Gasteiger partial charge in [-0.2, -0.15) is 0 Å². The molecule has 0 spiro atoms. The van der Waals surface area contributed by atoms with Gasteiger partial charge >= 0.3 is 0 Å². The van der Waals surface area contributed by atoms with Gasteiger partial charge in [-0.25, -0.2) is 4.98 Å². The molecule has 0 aliphatic heterocycles. The number of benzene rings is 1. The van der Waals surface area contributed by atoms with E-state index in [1.54, 1.807) is 11.3 Å². The Hall–Kier alpha value is -2.34. The van der Waals surface area contributed by atoms with Crippen LogP contribution in [0.15, 0.2) is 41.0 Å². The maximum absolute atomic E-state index is 8.77. The van der Waals surface area contributed by atoms with Gasteiger partial charge in [0.1, 0.15) is 5.01 Å². The minimum Gasteiger partial charge on any atom is -0.409 e. The first-order chi connectivity index (χ1) is 9.67. The molecule has 0 saturated carbocycles. The lowest BCUT2D eigenvalue weighted by molar-refractivity contribution is 0.318. The predicted octanol–water partition coefficient (Wildman–Crippen LogP) is 2.55. The highest BCUT2D eigenvalue weighted by Crippen LogP contribution is 2.20. The Bertz CT molecular complexity index is 787. The summed E-state index contributed by atoms with van der Waals surface area (Å²) in [4.78, 5) is 4.48. The molecule has 0 fully saturated rings. The Labute approximate surface area is 120 Å². The average Bonchev–Trinajstić information content (AvgIpc) is 3.05. The van der Waals surface area contributed by atoms with E-state index < -0.39 is 0 Å². The van der Waals surface area contributed by atoms with E-state index in [4.69, 9.17) is 10.9 Å². The number of nitrogens with two attached hydrogens (primary N) is 1. The number of thiazole rings is 1. The second-order valence-corrected chi connectivity index (χ2v) is 5.53. The van der Waals surface area contributed by atoms with E-state index in [0.29, 0.717) is 5.56 Å². The lowest BCUT2D eigenvalue weighted by Gasteiger charge is -2.04. The molecular weight excluding hydrogens is 272 g/mol. The van der Waals surface area contributed by atoms with Crippen molar-refractivity contribution in [3.05, 3.63) is 52.1 Å². The molecule has 2 aromatic heterocycles. The number of rotatable bonds is 3. The molecule has 0 bridgehead atoms. The standard InChI is InChI=1S/C14H14N4OS/c1-9-8-20-13(16-9)7-18-5-4-10-2-3-11(6-12(10)18)14(15)17-19/h2-6,8,19H,7H2,1H3,(H2,15,17). The van der Waals surface area contributed by atoms with Crippen LogP contribution in [0.5, 0.6) is 0 Å². The van der Waals surface area contributed by atoms with Crippen LogP contribution in [0.1, 0.15) is 16.3 Å². The topological polar surface area (TPSA) is 76.4 Å². The van der Waals surface area contributed by atoms with Gasteiger partial charge in [-0.15, -0.1) is 11.3 Å². The minimum atomic E-state index is 0.116. The van der Waals surface area contributed by atoms with Crippen molar-refractivity contribution in [2.75, 3.05) is 0 Å². The van der Waals surface area contributed by atoms with E-state index in [1.807, 2.05) is 42.8 Å². The summed E-state index contributed by atoms with van der Waals surface area (Å²) in [5.41, 5.74) is 8.43. The Morgan fingerprint density at radius 1 is 1.45 bits per heavy atom. The zero-order valence-corrected chi connectivity index (χ0v) is 11.8. The maximum atomic E-state index is 8.77. The second kappa shape index (κ2) is 4.97. The molecular formula is C14H14N4OS. The highest BCUT2D eigenvalue weighted by molar-refractivity contribution is 7.09. The number of fused-ring (bicyclic) bond motifs is 1. The fourth-order valence-corrected chi connectivity index (χ4v) is 2.93. The van der Waals surface area contributed by atoms with E-state index in [9.17, 15) is 0 Å². The molecule has 0 unspecified atom stereocenters. The fourth-order valence-electron chi connectivity index (χ4n) is 2.16. The molecule has 1 aromatic carbocycles. The first kappa shape index (κ1) is 12.7. The predicted molar refractivity (Wildman–Crippen MR) is 80.4 cm³/mol. The average molecular weight is 286 g/mol. The van der Waals surface area contributed by atoms with Crippen LogP contribution in [0.25, 0.3) is 10.9 Å². The SMILES string of the molecule is Cc1csc(Cn2ccc3ccc(/C(N)=N/O)cc32)n1. The van der Waals surface area contributed by atoms with Crippen LogP contribution in [0.2, 0.25) is 0 Å². The van der Waals surface area contributed by atoms with Crippen molar-refractivity contribution >= 4 is 28.1 Å². The number of oxime groups is 1. The number of aromatic nitrogens is 2. The van der Waals surface area contributed by atoms with Crippen LogP contribution in [0.4, 0.5) is 0 Å². The summed E-state index contributed by atoms with van der Waals surface area (Å²) in [6, 6.07) is 7.78. The van der Waals surface area contributed by atoms with Gasteiger partial charge in [-0.3, -0.25) is 0 Å². The monoisotopic (exact) mass is 286 g/mol. The third kappa shape index (κ3) is 2.25. The third-order valence-electron chi connectivity index (χ3n) is 3.15. The number of amidine groups is 1. The van der Waals surface area contributed by atoms with Crippen LogP contribution >= 0.6 is 11.3 Å². The van der Waals surface area contributed by atoms with Crippen molar-refractivity contribution in [3.8, 4) is 0 Å². The van der Waals surface area contributed by atoms with E-state index in [2.05, 4.69) is 14.7 Å². The molecule has 3 rings (SSSR count). The van der Waals surface area contributed by atoms with Gasteiger partial charge in [0.05, 0.1) is 6.54 Å². The van der Waals surface area contributed by atoms with Gasteiger partial charge in [0.2, 0.25) is 0 Å². The summed E-state index contributed by atoms with van der Waals surface area (Å²) >= 11 is 1.65. The molecule has 3 N–H and O–H groups in total. The molecule has 0 radical (unpaired) electrons. The van der Waals surface area contributed by atoms with Gasteiger partial charge in [-0.1, -0.05) is 17.3 Å². The smallest absolute Gasteiger partial charge is 0.170 e. The van der Waals surface area contributed by atoms with Gasteiger partial charge in [0.25, 0.3) is 0 Å². The van der Waals surface area contributed by atoms with Crippen molar-refractivity contribution in [1.82, 2.24) is 9.55 Å². The molecule has 3 aromatic rings. The Balaban J connectivity index is 2.02. The lowest BCUT2D eigenvalue weighted by atomic mass is 10.1. The van der Waals surface area contributed by atoms with Gasteiger partial charge in [0, 0.05) is 28.4 Å². The molecule has 2 heterocycles. The summed E-state index contributed by atoms with van der Waals surface area (Å²) < 4.78 is 2.11. The quantitative estimate of drug-likeness (QED) is 0.336. The minimum absolute atomic E-state index is 0.116. The molecule has 0 atom stereocenters. The first-order valence-corrected chi connectivity index (χ1v) is 7.03. The van der Waals surface area contributed by atoms with Gasteiger partial charge in [0.15, 0.2) is 5.84 Å². The summed E-state index contributed by atoms with van der Waals surface area (Å²) in [6.07, 6.45) is 2.03. The third-order valence-corrected chi connectivity index (χ3v) is 4.10. The van der Waals surface area contributed by atoms with Crippen LogP contribution in [-0.2, 0) is 6.54 Å². The van der Waals surface area contributed by atoms with Gasteiger partial charge in [-0.05, 0) is 24.4 Å².